The molecule has 0 aliphatic rings. The standard InChI is InChI=1S/C11H16O2/c1-9-4-3-5-11(6-9)8-13-10(2)7-12/h3-6,10,12H,7-8H2,1-2H3. The van der Waals surface area contributed by atoms with Crippen LogP contribution in [0, 0.1) is 6.92 Å². The predicted molar refractivity (Wildman–Crippen MR) is 52.5 cm³/mol. The van der Waals surface area contributed by atoms with E-state index in [1.54, 1.807) is 0 Å². The third-order valence-electron chi connectivity index (χ3n) is 1.87. The lowest BCUT2D eigenvalue weighted by molar-refractivity contribution is 0.0144. The number of rotatable bonds is 4. The van der Waals surface area contributed by atoms with Crippen LogP contribution in [0.1, 0.15) is 18.1 Å². The van der Waals surface area contributed by atoms with Crippen molar-refractivity contribution in [3.05, 3.63) is 35.4 Å². The SMILES string of the molecule is Cc1cccc(COC(C)CO)c1. The van der Waals surface area contributed by atoms with Gasteiger partial charge < -0.3 is 9.84 Å². The Bertz CT molecular complexity index is 258. The Balaban J connectivity index is 2.45. The van der Waals surface area contributed by atoms with E-state index in [0.29, 0.717) is 6.61 Å². The fourth-order valence-corrected chi connectivity index (χ4v) is 1.09. The van der Waals surface area contributed by atoms with E-state index in [2.05, 4.69) is 19.1 Å². The van der Waals surface area contributed by atoms with Gasteiger partial charge in [-0.15, -0.1) is 0 Å². The van der Waals surface area contributed by atoms with Crippen LogP contribution in [0.5, 0.6) is 0 Å². The molecule has 0 saturated heterocycles. The van der Waals surface area contributed by atoms with E-state index in [-0.39, 0.29) is 12.7 Å². The summed E-state index contributed by atoms with van der Waals surface area (Å²) in [7, 11) is 0. The zero-order chi connectivity index (χ0) is 9.68. The molecule has 1 aromatic carbocycles. The summed E-state index contributed by atoms with van der Waals surface area (Å²) in [6, 6.07) is 8.18. The summed E-state index contributed by atoms with van der Waals surface area (Å²) in [5.41, 5.74) is 2.39. The van der Waals surface area contributed by atoms with Crippen molar-refractivity contribution >= 4 is 0 Å². The number of aliphatic hydroxyl groups is 1. The summed E-state index contributed by atoms with van der Waals surface area (Å²) >= 11 is 0. The van der Waals surface area contributed by atoms with E-state index < -0.39 is 0 Å². The second-order valence-electron chi connectivity index (χ2n) is 3.29. The maximum Gasteiger partial charge on any atom is 0.0782 e. The summed E-state index contributed by atoms with van der Waals surface area (Å²) in [6.45, 7) is 4.56. The van der Waals surface area contributed by atoms with Crippen molar-refractivity contribution in [3.63, 3.8) is 0 Å². The van der Waals surface area contributed by atoms with E-state index in [9.17, 15) is 0 Å². The van der Waals surface area contributed by atoms with E-state index in [1.165, 1.54) is 5.56 Å². The number of ether oxygens (including phenoxy) is 1. The Morgan fingerprint density at radius 1 is 1.46 bits per heavy atom. The Kier molecular flexibility index (Phi) is 3.93. The Labute approximate surface area is 79.2 Å². The fourth-order valence-electron chi connectivity index (χ4n) is 1.09. The van der Waals surface area contributed by atoms with Crippen LogP contribution in [0.2, 0.25) is 0 Å². The van der Waals surface area contributed by atoms with Gasteiger partial charge >= 0.3 is 0 Å². The van der Waals surface area contributed by atoms with Gasteiger partial charge in [-0.25, -0.2) is 0 Å². The van der Waals surface area contributed by atoms with Crippen LogP contribution in [0.3, 0.4) is 0 Å². The van der Waals surface area contributed by atoms with Crippen LogP contribution in [0.4, 0.5) is 0 Å². The average molecular weight is 180 g/mol. The molecular formula is C11H16O2. The van der Waals surface area contributed by atoms with Gasteiger partial charge in [0.25, 0.3) is 0 Å². The monoisotopic (exact) mass is 180 g/mol. The van der Waals surface area contributed by atoms with Gasteiger partial charge in [0.1, 0.15) is 0 Å². The zero-order valence-electron chi connectivity index (χ0n) is 8.16. The van der Waals surface area contributed by atoms with E-state index in [1.807, 2.05) is 19.1 Å². The van der Waals surface area contributed by atoms with Crippen LogP contribution in [-0.2, 0) is 11.3 Å². The van der Waals surface area contributed by atoms with Gasteiger partial charge in [-0.2, -0.15) is 0 Å². The number of benzene rings is 1. The zero-order valence-corrected chi connectivity index (χ0v) is 8.16. The lowest BCUT2D eigenvalue weighted by Gasteiger charge is -2.09. The molecular weight excluding hydrogens is 164 g/mol. The van der Waals surface area contributed by atoms with Crippen LogP contribution in [0.25, 0.3) is 0 Å². The molecule has 0 bridgehead atoms. The topological polar surface area (TPSA) is 29.5 Å². The first-order valence-electron chi connectivity index (χ1n) is 4.50. The van der Waals surface area contributed by atoms with Crippen molar-refractivity contribution in [2.24, 2.45) is 0 Å². The van der Waals surface area contributed by atoms with Gasteiger partial charge in [-0.1, -0.05) is 29.8 Å². The molecule has 0 heterocycles. The van der Waals surface area contributed by atoms with Gasteiger partial charge in [0, 0.05) is 0 Å². The molecule has 0 radical (unpaired) electrons. The summed E-state index contributed by atoms with van der Waals surface area (Å²) in [6.07, 6.45) is -0.0829. The quantitative estimate of drug-likeness (QED) is 0.766. The molecule has 0 fully saturated rings. The molecule has 1 atom stereocenters. The summed E-state index contributed by atoms with van der Waals surface area (Å²) < 4.78 is 5.38. The molecule has 2 nitrogen and oxygen atoms in total. The highest BCUT2D eigenvalue weighted by atomic mass is 16.5. The third-order valence-corrected chi connectivity index (χ3v) is 1.87. The summed E-state index contributed by atoms with van der Waals surface area (Å²) in [4.78, 5) is 0. The molecule has 1 rings (SSSR count). The van der Waals surface area contributed by atoms with Crippen LogP contribution in [-0.4, -0.2) is 17.8 Å². The highest BCUT2D eigenvalue weighted by Gasteiger charge is 1.99. The molecule has 0 saturated carbocycles. The van der Waals surface area contributed by atoms with Crippen LogP contribution in [0.15, 0.2) is 24.3 Å². The van der Waals surface area contributed by atoms with Gasteiger partial charge in [-0.3, -0.25) is 0 Å². The van der Waals surface area contributed by atoms with Crippen molar-refractivity contribution in [2.45, 2.75) is 26.6 Å². The lowest BCUT2D eigenvalue weighted by Crippen LogP contribution is -2.12. The Morgan fingerprint density at radius 2 is 2.23 bits per heavy atom. The summed E-state index contributed by atoms with van der Waals surface area (Å²) in [5.74, 6) is 0. The van der Waals surface area contributed by atoms with E-state index in [4.69, 9.17) is 9.84 Å². The molecule has 0 aliphatic heterocycles. The number of aliphatic hydroxyl groups excluding tert-OH is 1. The highest BCUT2D eigenvalue weighted by molar-refractivity contribution is 5.21. The molecule has 0 spiro atoms. The minimum atomic E-state index is -0.0829. The molecule has 72 valence electrons. The minimum Gasteiger partial charge on any atom is -0.394 e. The minimum absolute atomic E-state index is 0.0752. The fraction of sp³-hybridized carbons (Fsp3) is 0.455. The van der Waals surface area contributed by atoms with Gasteiger partial charge in [-0.05, 0) is 19.4 Å². The first-order valence-corrected chi connectivity index (χ1v) is 4.50. The number of hydrogen-bond donors (Lipinski definition) is 1. The molecule has 0 amide bonds. The van der Waals surface area contributed by atoms with Crippen molar-refractivity contribution in [1.29, 1.82) is 0 Å². The lowest BCUT2D eigenvalue weighted by atomic mass is 10.1. The van der Waals surface area contributed by atoms with Crippen LogP contribution < -0.4 is 0 Å². The molecule has 0 aromatic heterocycles. The normalized spacial score (nSPS) is 12.8. The van der Waals surface area contributed by atoms with Gasteiger partial charge in [0.2, 0.25) is 0 Å². The predicted octanol–water partition coefficient (Wildman–Crippen LogP) is 1.89. The second kappa shape index (κ2) is 5.00. The summed E-state index contributed by atoms with van der Waals surface area (Å²) in [5, 5.41) is 8.74. The number of aryl methyl sites for hydroxylation is 1. The molecule has 2 heteroatoms. The van der Waals surface area contributed by atoms with Crippen LogP contribution >= 0.6 is 0 Å². The Hall–Kier alpha value is -0.860. The maximum atomic E-state index is 8.74. The number of hydrogen-bond acceptors (Lipinski definition) is 2. The maximum absolute atomic E-state index is 8.74. The average Bonchev–Trinajstić information content (AvgIpc) is 2.14. The van der Waals surface area contributed by atoms with E-state index in [0.717, 1.165) is 5.56 Å². The van der Waals surface area contributed by atoms with Crippen molar-refractivity contribution in [3.8, 4) is 0 Å². The third kappa shape index (κ3) is 3.57. The molecule has 0 aliphatic carbocycles. The van der Waals surface area contributed by atoms with Gasteiger partial charge in [0.15, 0.2) is 0 Å². The second-order valence-corrected chi connectivity index (χ2v) is 3.29. The highest BCUT2D eigenvalue weighted by Crippen LogP contribution is 2.06. The van der Waals surface area contributed by atoms with Gasteiger partial charge in [0.05, 0.1) is 19.3 Å². The Morgan fingerprint density at radius 3 is 2.85 bits per heavy atom. The van der Waals surface area contributed by atoms with Crippen molar-refractivity contribution in [1.82, 2.24) is 0 Å². The smallest absolute Gasteiger partial charge is 0.0782 e. The van der Waals surface area contributed by atoms with Crippen molar-refractivity contribution in [2.75, 3.05) is 6.61 Å². The van der Waals surface area contributed by atoms with E-state index >= 15 is 0 Å². The van der Waals surface area contributed by atoms with Crippen molar-refractivity contribution < 1.29 is 9.84 Å². The molecule has 1 unspecified atom stereocenters. The first kappa shape index (κ1) is 10.2. The molecule has 1 aromatic rings. The largest absolute Gasteiger partial charge is 0.394 e. The molecule has 1 N–H and O–H groups in total. The molecule has 13 heavy (non-hydrogen) atoms. The first-order chi connectivity index (χ1) is 6.22.